The smallest absolute Gasteiger partial charge is 0.411 e. The summed E-state index contributed by atoms with van der Waals surface area (Å²) in [6.45, 7) is 6.83. The molecule has 0 aromatic carbocycles. The Balaban J connectivity index is 2.16. The largest absolute Gasteiger partial charge is 0.444 e. The standard InChI is InChI=1S/C14H20N4O3/c1-14(2,3)21-13(20)18-8-7-15-9-11(18)12(19)10-5-4-6-16-17-10/h4-6,11,15H,7-9H2,1-3H3. The quantitative estimate of drug-likeness (QED) is 0.814. The minimum Gasteiger partial charge on any atom is -0.444 e. The molecule has 114 valence electrons. The average Bonchev–Trinajstić information content (AvgIpc) is 2.45. The van der Waals surface area contributed by atoms with Gasteiger partial charge in [0.05, 0.1) is 0 Å². The predicted molar refractivity (Wildman–Crippen MR) is 76.0 cm³/mol. The number of hydrogen-bond donors (Lipinski definition) is 1. The predicted octanol–water partition coefficient (Wildman–Crippen LogP) is 0.868. The first kappa shape index (κ1) is 15.4. The van der Waals surface area contributed by atoms with Gasteiger partial charge in [-0.15, -0.1) is 5.10 Å². The third-order valence-electron chi connectivity index (χ3n) is 3.00. The van der Waals surface area contributed by atoms with Gasteiger partial charge in [0.2, 0.25) is 5.78 Å². The minimum absolute atomic E-state index is 0.235. The van der Waals surface area contributed by atoms with E-state index in [-0.39, 0.29) is 11.5 Å². The number of piperazine rings is 1. The van der Waals surface area contributed by atoms with Crippen LogP contribution in [0.4, 0.5) is 4.79 Å². The van der Waals surface area contributed by atoms with Gasteiger partial charge in [0, 0.05) is 25.8 Å². The molecule has 0 spiro atoms. The monoisotopic (exact) mass is 292 g/mol. The van der Waals surface area contributed by atoms with E-state index in [1.54, 1.807) is 32.9 Å². The van der Waals surface area contributed by atoms with Crippen LogP contribution in [0.5, 0.6) is 0 Å². The van der Waals surface area contributed by atoms with E-state index >= 15 is 0 Å². The molecule has 0 aliphatic carbocycles. The van der Waals surface area contributed by atoms with Crippen molar-refractivity contribution in [3.63, 3.8) is 0 Å². The molecule has 1 N–H and O–H groups in total. The SMILES string of the molecule is CC(C)(C)OC(=O)N1CCNCC1C(=O)c1cccnn1. The molecule has 1 amide bonds. The number of nitrogens with zero attached hydrogens (tertiary/aromatic N) is 3. The first-order valence-corrected chi connectivity index (χ1v) is 6.91. The Morgan fingerprint density at radius 3 is 2.81 bits per heavy atom. The van der Waals surface area contributed by atoms with Crippen LogP contribution >= 0.6 is 0 Å². The number of ketones is 1. The van der Waals surface area contributed by atoms with E-state index in [9.17, 15) is 9.59 Å². The summed E-state index contributed by atoms with van der Waals surface area (Å²) in [7, 11) is 0. The van der Waals surface area contributed by atoms with Crippen molar-refractivity contribution in [3.8, 4) is 0 Å². The van der Waals surface area contributed by atoms with Crippen LogP contribution in [0.2, 0.25) is 0 Å². The molecule has 1 unspecified atom stereocenters. The van der Waals surface area contributed by atoms with Gasteiger partial charge >= 0.3 is 6.09 Å². The van der Waals surface area contributed by atoms with E-state index < -0.39 is 17.7 Å². The van der Waals surface area contributed by atoms with Crippen LogP contribution in [-0.4, -0.2) is 58.3 Å². The maximum atomic E-state index is 12.5. The number of ether oxygens (including phenoxy) is 1. The van der Waals surface area contributed by atoms with Crippen molar-refractivity contribution < 1.29 is 14.3 Å². The highest BCUT2D eigenvalue weighted by atomic mass is 16.6. The van der Waals surface area contributed by atoms with Crippen LogP contribution in [0, 0.1) is 0 Å². The Hall–Kier alpha value is -2.02. The second kappa shape index (κ2) is 6.17. The molecule has 21 heavy (non-hydrogen) atoms. The highest BCUT2D eigenvalue weighted by Crippen LogP contribution is 2.15. The molecule has 7 nitrogen and oxygen atoms in total. The van der Waals surface area contributed by atoms with Gasteiger partial charge in [0.25, 0.3) is 0 Å². The molecule has 1 aromatic heterocycles. The van der Waals surface area contributed by atoms with E-state index in [1.807, 2.05) is 0 Å². The van der Waals surface area contributed by atoms with Crippen molar-refractivity contribution in [1.82, 2.24) is 20.4 Å². The zero-order valence-electron chi connectivity index (χ0n) is 12.5. The molecule has 2 rings (SSSR count). The number of amides is 1. The van der Waals surface area contributed by atoms with E-state index in [1.165, 1.54) is 11.1 Å². The first-order valence-electron chi connectivity index (χ1n) is 6.91. The normalized spacial score (nSPS) is 19.2. The molecule has 1 aromatic rings. The summed E-state index contributed by atoms with van der Waals surface area (Å²) in [6, 6.07) is 2.62. The van der Waals surface area contributed by atoms with Crippen LogP contribution in [0.15, 0.2) is 18.3 Å². The van der Waals surface area contributed by atoms with Crippen LogP contribution < -0.4 is 5.32 Å². The minimum atomic E-state index is -0.620. The molecule has 1 aliphatic rings. The van der Waals surface area contributed by atoms with Crippen molar-refractivity contribution in [2.75, 3.05) is 19.6 Å². The summed E-state index contributed by atoms with van der Waals surface area (Å²) in [6.07, 6.45) is 1.02. The van der Waals surface area contributed by atoms with Gasteiger partial charge in [0.15, 0.2) is 0 Å². The molecular weight excluding hydrogens is 272 g/mol. The van der Waals surface area contributed by atoms with E-state index in [2.05, 4.69) is 15.5 Å². The highest BCUT2D eigenvalue weighted by Gasteiger charge is 2.35. The van der Waals surface area contributed by atoms with Gasteiger partial charge in [-0.1, -0.05) is 0 Å². The molecule has 0 saturated carbocycles. The Morgan fingerprint density at radius 1 is 1.43 bits per heavy atom. The van der Waals surface area contributed by atoms with Crippen LogP contribution in [0.25, 0.3) is 0 Å². The molecule has 0 radical (unpaired) electrons. The number of nitrogens with one attached hydrogen (secondary N) is 1. The van der Waals surface area contributed by atoms with Gasteiger partial charge in [-0.3, -0.25) is 9.69 Å². The van der Waals surface area contributed by atoms with Crippen molar-refractivity contribution in [2.45, 2.75) is 32.4 Å². The zero-order valence-corrected chi connectivity index (χ0v) is 12.5. The number of aromatic nitrogens is 2. The number of carbonyl (C=O) groups excluding carboxylic acids is 2. The molecule has 1 aliphatic heterocycles. The van der Waals surface area contributed by atoms with Gasteiger partial charge in [-0.05, 0) is 32.9 Å². The average molecular weight is 292 g/mol. The van der Waals surface area contributed by atoms with Crippen molar-refractivity contribution in [3.05, 3.63) is 24.0 Å². The van der Waals surface area contributed by atoms with Gasteiger partial charge in [0.1, 0.15) is 17.3 Å². The Labute approximate surface area is 123 Å². The summed E-state index contributed by atoms with van der Waals surface area (Å²) in [5.74, 6) is -0.235. The first-order chi connectivity index (χ1) is 9.88. The summed E-state index contributed by atoms with van der Waals surface area (Å²) in [4.78, 5) is 26.2. The maximum Gasteiger partial charge on any atom is 0.411 e. The van der Waals surface area contributed by atoms with Crippen molar-refractivity contribution in [2.24, 2.45) is 0 Å². The molecule has 0 bridgehead atoms. The van der Waals surface area contributed by atoms with Crippen LogP contribution in [0.3, 0.4) is 0 Å². The molecule has 1 saturated heterocycles. The van der Waals surface area contributed by atoms with E-state index in [0.29, 0.717) is 19.6 Å². The lowest BCUT2D eigenvalue weighted by molar-refractivity contribution is 0.0124. The fraction of sp³-hybridized carbons (Fsp3) is 0.571. The van der Waals surface area contributed by atoms with Gasteiger partial charge < -0.3 is 10.1 Å². The van der Waals surface area contributed by atoms with Crippen LogP contribution in [0.1, 0.15) is 31.3 Å². The molecule has 7 heteroatoms. The topological polar surface area (TPSA) is 84.4 Å². The Morgan fingerprint density at radius 2 is 2.19 bits per heavy atom. The third kappa shape index (κ3) is 3.98. The fourth-order valence-corrected chi connectivity index (χ4v) is 2.08. The van der Waals surface area contributed by atoms with Crippen LogP contribution in [-0.2, 0) is 4.74 Å². The van der Waals surface area contributed by atoms with Gasteiger partial charge in [-0.2, -0.15) is 5.10 Å². The summed E-state index contributed by atoms with van der Waals surface area (Å²) in [5.41, 5.74) is -0.345. The third-order valence-corrected chi connectivity index (χ3v) is 3.00. The van der Waals surface area contributed by atoms with Gasteiger partial charge in [-0.25, -0.2) is 4.79 Å². The summed E-state index contributed by atoms with van der Waals surface area (Å²) >= 11 is 0. The number of Topliss-reactive ketones (excluding diaryl/α,β-unsaturated/α-hetero) is 1. The molecular formula is C14H20N4O3. The Bertz CT molecular complexity index is 513. The highest BCUT2D eigenvalue weighted by molar-refractivity contribution is 6.00. The van der Waals surface area contributed by atoms with Crippen molar-refractivity contribution >= 4 is 11.9 Å². The number of hydrogen-bond acceptors (Lipinski definition) is 6. The molecule has 1 atom stereocenters. The fourth-order valence-electron chi connectivity index (χ4n) is 2.08. The maximum absolute atomic E-state index is 12.5. The van der Waals surface area contributed by atoms with E-state index in [4.69, 9.17) is 4.74 Å². The lowest BCUT2D eigenvalue weighted by atomic mass is 10.1. The molecule has 1 fully saturated rings. The lowest BCUT2D eigenvalue weighted by Crippen LogP contribution is -2.57. The lowest BCUT2D eigenvalue weighted by Gasteiger charge is -2.36. The summed E-state index contributed by atoms with van der Waals surface area (Å²) in [5, 5.41) is 10.6. The summed E-state index contributed by atoms with van der Waals surface area (Å²) < 4.78 is 5.36. The second-order valence-corrected chi connectivity index (χ2v) is 5.87. The Kier molecular flexibility index (Phi) is 4.52. The van der Waals surface area contributed by atoms with Crippen molar-refractivity contribution in [1.29, 1.82) is 0 Å². The number of carbonyl (C=O) groups is 2. The number of rotatable bonds is 2. The second-order valence-electron chi connectivity index (χ2n) is 5.87. The zero-order chi connectivity index (χ0) is 15.5. The van der Waals surface area contributed by atoms with E-state index in [0.717, 1.165) is 0 Å². The molecule has 2 heterocycles.